The van der Waals surface area contributed by atoms with Gasteiger partial charge < -0.3 is 14.3 Å². The second kappa shape index (κ2) is 9.42. The molecule has 1 aliphatic rings. The van der Waals surface area contributed by atoms with Crippen LogP contribution in [0.15, 0.2) is 82.5 Å². The van der Waals surface area contributed by atoms with E-state index in [1.54, 1.807) is 0 Å². The average Bonchev–Trinajstić information content (AvgIpc) is 3.08. The minimum Gasteiger partial charge on any atom is -0.405 e. The maximum atomic E-state index is 15.0. The molecule has 1 aliphatic heterocycles. The molecule has 2 heterocycles. The van der Waals surface area contributed by atoms with Gasteiger partial charge in [-0.1, -0.05) is 81.4 Å². The van der Waals surface area contributed by atoms with Crippen LogP contribution < -0.4 is 21.6 Å². The number of aromatic nitrogens is 2. The third-order valence-electron chi connectivity index (χ3n) is 6.30. The highest BCUT2D eigenvalue weighted by molar-refractivity contribution is 6.99. The van der Waals surface area contributed by atoms with Crippen molar-refractivity contribution in [2.75, 3.05) is 6.61 Å². The first kappa shape index (κ1) is 24.3. The van der Waals surface area contributed by atoms with Gasteiger partial charge in [0.1, 0.15) is 12.2 Å². The lowest BCUT2D eigenvalue weighted by Gasteiger charge is -2.43. The Bertz CT molecular complexity index is 1190. The predicted molar refractivity (Wildman–Crippen MR) is 130 cm³/mol. The standard InChI is InChI=1S/C25H29FN2O5Si/c1-25(2,3)34(17-10-6-4-7-11-17,18-12-8-5-9-13-18)32-16-19-22(30)21(26)23(33-19)28-15-14-20(29)27-24(28)31/h4-15,19,21-23,30H,16H2,1-3H3,(H,27,29,31)/t19-,21-,22-,23-/m1/s1. The molecule has 7 nitrogen and oxygen atoms in total. The number of benzene rings is 2. The summed E-state index contributed by atoms with van der Waals surface area (Å²) < 4.78 is 28.5. The van der Waals surface area contributed by atoms with E-state index in [-0.39, 0.29) is 11.6 Å². The fourth-order valence-electron chi connectivity index (χ4n) is 4.66. The molecule has 1 fully saturated rings. The molecule has 9 heteroatoms. The van der Waals surface area contributed by atoms with Gasteiger partial charge in [-0.2, -0.15) is 0 Å². The second-order valence-corrected chi connectivity index (χ2v) is 13.8. The molecule has 2 N–H and O–H groups in total. The Kier molecular flexibility index (Phi) is 6.72. The molecule has 180 valence electrons. The highest BCUT2D eigenvalue weighted by Crippen LogP contribution is 2.38. The fraction of sp³-hybridized carbons (Fsp3) is 0.360. The Morgan fingerprint density at radius 1 is 1.03 bits per heavy atom. The van der Waals surface area contributed by atoms with E-state index in [1.807, 2.05) is 60.7 Å². The summed E-state index contributed by atoms with van der Waals surface area (Å²) in [6, 6.07) is 21.0. The van der Waals surface area contributed by atoms with Gasteiger partial charge in [0.2, 0.25) is 0 Å². The van der Waals surface area contributed by atoms with E-state index >= 15 is 4.39 Å². The molecule has 0 bridgehead atoms. The monoisotopic (exact) mass is 484 g/mol. The first-order chi connectivity index (χ1) is 16.1. The van der Waals surface area contributed by atoms with Crippen molar-refractivity contribution in [2.45, 2.75) is 50.4 Å². The normalized spacial score (nSPS) is 23.2. The summed E-state index contributed by atoms with van der Waals surface area (Å²) in [5, 5.41) is 12.4. The van der Waals surface area contributed by atoms with Crippen molar-refractivity contribution >= 4 is 18.7 Å². The molecule has 4 rings (SSSR count). The number of H-pyrrole nitrogens is 1. The van der Waals surface area contributed by atoms with Gasteiger partial charge in [0, 0.05) is 12.3 Å². The topological polar surface area (TPSA) is 93.5 Å². The fourth-order valence-corrected chi connectivity index (χ4v) is 9.23. The van der Waals surface area contributed by atoms with Crippen LogP contribution in [0.5, 0.6) is 0 Å². The number of nitrogens with one attached hydrogen (secondary N) is 1. The van der Waals surface area contributed by atoms with Crippen molar-refractivity contribution in [3.8, 4) is 0 Å². The molecular weight excluding hydrogens is 455 g/mol. The summed E-state index contributed by atoms with van der Waals surface area (Å²) in [7, 11) is -2.92. The van der Waals surface area contributed by atoms with Crippen LogP contribution in [0.1, 0.15) is 27.0 Å². The minimum atomic E-state index is -2.92. The lowest BCUT2D eigenvalue weighted by Crippen LogP contribution is -2.67. The number of ether oxygens (including phenoxy) is 1. The Balaban J connectivity index is 1.68. The largest absolute Gasteiger partial charge is 0.405 e. The lowest BCUT2D eigenvalue weighted by atomic mass is 10.1. The maximum Gasteiger partial charge on any atom is 0.330 e. The molecule has 4 atom stereocenters. The first-order valence-corrected chi connectivity index (χ1v) is 13.1. The van der Waals surface area contributed by atoms with Gasteiger partial charge in [-0.15, -0.1) is 0 Å². The van der Waals surface area contributed by atoms with Crippen molar-refractivity contribution in [1.82, 2.24) is 9.55 Å². The molecule has 1 aromatic heterocycles. The van der Waals surface area contributed by atoms with E-state index in [1.165, 1.54) is 0 Å². The molecule has 34 heavy (non-hydrogen) atoms. The smallest absolute Gasteiger partial charge is 0.330 e. The maximum absolute atomic E-state index is 15.0. The molecular formula is C25H29FN2O5Si. The number of aromatic amines is 1. The van der Waals surface area contributed by atoms with Crippen LogP contribution in [0, 0.1) is 0 Å². The van der Waals surface area contributed by atoms with Crippen LogP contribution in [-0.4, -0.2) is 48.0 Å². The highest BCUT2D eigenvalue weighted by atomic mass is 28.4. The van der Waals surface area contributed by atoms with Crippen molar-refractivity contribution in [2.24, 2.45) is 0 Å². The van der Waals surface area contributed by atoms with Gasteiger partial charge in [0.15, 0.2) is 12.4 Å². The van der Waals surface area contributed by atoms with Crippen LogP contribution in [0.2, 0.25) is 5.04 Å². The zero-order chi connectivity index (χ0) is 24.5. The molecule has 3 aromatic rings. The summed E-state index contributed by atoms with van der Waals surface area (Å²) in [6.45, 7) is 6.28. The quantitative estimate of drug-likeness (QED) is 0.520. The van der Waals surface area contributed by atoms with Crippen LogP contribution >= 0.6 is 0 Å². The molecule has 0 amide bonds. The Morgan fingerprint density at radius 2 is 1.59 bits per heavy atom. The number of aliphatic hydroxyl groups excluding tert-OH is 1. The van der Waals surface area contributed by atoms with E-state index in [4.69, 9.17) is 9.16 Å². The molecule has 0 unspecified atom stereocenters. The van der Waals surface area contributed by atoms with Crippen molar-refractivity contribution in [1.29, 1.82) is 0 Å². The van der Waals surface area contributed by atoms with Crippen LogP contribution in [-0.2, 0) is 9.16 Å². The molecule has 2 aromatic carbocycles. The molecule has 1 saturated heterocycles. The van der Waals surface area contributed by atoms with Crippen molar-refractivity contribution < 1.29 is 18.7 Å². The highest BCUT2D eigenvalue weighted by Gasteiger charge is 2.52. The van der Waals surface area contributed by atoms with Crippen molar-refractivity contribution in [3.05, 3.63) is 93.8 Å². The number of halogens is 1. The number of nitrogens with zero attached hydrogens (tertiary/aromatic N) is 1. The summed E-state index contributed by atoms with van der Waals surface area (Å²) in [5.41, 5.74) is -1.40. The lowest BCUT2D eigenvalue weighted by molar-refractivity contribution is -0.0462. The van der Waals surface area contributed by atoms with E-state index in [0.29, 0.717) is 0 Å². The second-order valence-electron chi connectivity index (χ2n) is 9.49. The zero-order valence-electron chi connectivity index (χ0n) is 19.4. The number of hydrogen-bond acceptors (Lipinski definition) is 5. The molecule has 0 radical (unpaired) electrons. The summed E-state index contributed by atoms with van der Waals surface area (Å²) in [5.74, 6) is 0. The predicted octanol–water partition coefficient (Wildman–Crippen LogP) is 1.71. The van der Waals surface area contributed by atoms with E-state index < -0.39 is 44.2 Å². The van der Waals surface area contributed by atoms with E-state index in [9.17, 15) is 14.7 Å². The Hall–Kier alpha value is -2.85. The van der Waals surface area contributed by atoms with Crippen LogP contribution in [0.4, 0.5) is 4.39 Å². The number of aliphatic hydroxyl groups is 1. The Morgan fingerprint density at radius 3 is 2.09 bits per heavy atom. The average molecular weight is 485 g/mol. The summed E-state index contributed by atoms with van der Waals surface area (Å²) in [4.78, 5) is 25.6. The van der Waals surface area contributed by atoms with Crippen LogP contribution in [0.25, 0.3) is 0 Å². The van der Waals surface area contributed by atoms with Gasteiger partial charge in [0.05, 0.1) is 6.61 Å². The number of hydrogen-bond donors (Lipinski definition) is 2. The summed E-state index contributed by atoms with van der Waals surface area (Å²) in [6.07, 6.45) is -4.57. The molecule has 0 aliphatic carbocycles. The molecule has 0 saturated carbocycles. The van der Waals surface area contributed by atoms with Gasteiger partial charge >= 0.3 is 5.69 Å². The minimum absolute atomic E-state index is 0.0660. The summed E-state index contributed by atoms with van der Waals surface area (Å²) >= 11 is 0. The SMILES string of the molecule is CC(C)(C)[Si](OC[C@H]1O[C@@H](n2ccc(=O)[nH]c2=O)[C@H](F)[C@@H]1O)(c1ccccc1)c1ccccc1. The van der Waals surface area contributed by atoms with Crippen molar-refractivity contribution in [3.63, 3.8) is 0 Å². The first-order valence-electron chi connectivity index (χ1n) is 11.2. The van der Waals surface area contributed by atoms with E-state index in [2.05, 4.69) is 25.8 Å². The van der Waals surface area contributed by atoms with Gasteiger partial charge in [-0.05, 0) is 15.4 Å². The number of alkyl halides is 1. The van der Waals surface area contributed by atoms with Gasteiger partial charge in [-0.3, -0.25) is 14.3 Å². The van der Waals surface area contributed by atoms with E-state index in [0.717, 1.165) is 27.2 Å². The third-order valence-corrected chi connectivity index (χ3v) is 11.3. The molecule has 0 spiro atoms. The van der Waals surface area contributed by atoms with Crippen LogP contribution in [0.3, 0.4) is 0 Å². The van der Waals surface area contributed by atoms with Gasteiger partial charge in [0.25, 0.3) is 13.9 Å². The zero-order valence-corrected chi connectivity index (χ0v) is 20.4. The van der Waals surface area contributed by atoms with Gasteiger partial charge in [-0.25, -0.2) is 9.18 Å². The third kappa shape index (κ3) is 4.32. The Labute approximate surface area is 197 Å². The number of rotatable bonds is 6.